The molecule has 2 aliphatic rings. The molecule has 0 saturated heterocycles. The Morgan fingerprint density at radius 3 is 2.86 bits per heavy atom. The van der Waals surface area contributed by atoms with E-state index in [4.69, 9.17) is 4.74 Å². The molecular formula is C18H27NO2. The molecule has 3 rings (SSSR count). The number of hydrogen-bond acceptors (Lipinski definition) is 3. The molecule has 3 nitrogen and oxygen atoms in total. The van der Waals surface area contributed by atoms with Crippen LogP contribution in [-0.2, 0) is 6.42 Å². The van der Waals surface area contributed by atoms with Crippen molar-refractivity contribution in [1.82, 2.24) is 5.32 Å². The second-order valence-electron chi connectivity index (χ2n) is 6.79. The fraction of sp³-hybridized carbons (Fsp3) is 0.667. The van der Waals surface area contributed by atoms with E-state index in [9.17, 15) is 5.11 Å². The SMILES string of the molecule is CC(NCC1(CO)CCCCC1)c1ccc2c(c1)CCO2. The molecule has 21 heavy (non-hydrogen) atoms. The summed E-state index contributed by atoms with van der Waals surface area (Å²) in [6, 6.07) is 6.85. The van der Waals surface area contributed by atoms with Crippen molar-refractivity contribution < 1.29 is 9.84 Å². The van der Waals surface area contributed by atoms with Crippen LogP contribution in [0.3, 0.4) is 0 Å². The molecule has 1 saturated carbocycles. The lowest BCUT2D eigenvalue weighted by atomic mass is 9.74. The molecule has 0 amide bonds. The minimum Gasteiger partial charge on any atom is -0.493 e. The number of fused-ring (bicyclic) bond motifs is 1. The van der Waals surface area contributed by atoms with Crippen molar-refractivity contribution in [3.63, 3.8) is 0 Å². The van der Waals surface area contributed by atoms with Gasteiger partial charge in [0.05, 0.1) is 6.61 Å². The molecule has 1 unspecified atom stereocenters. The van der Waals surface area contributed by atoms with Gasteiger partial charge in [-0.2, -0.15) is 0 Å². The largest absolute Gasteiger partial charge is 0.493 e. The van der Waals surface area contributed by atoms with Gasteiger partial charge >= 0.3 is 0 Å². The van der Waals surface area contributed by atoms with Crippen molar-refractivity contribution in [3.05, 3.63) is 29.3 Å². The van der Waals surface area contributed by atoms with E-state index in [1.807, 2.05) is 0 Å². The normalized spacial score (nSPS) is 21.6. The summed E-state index contributed by atoms with van der Waals surface area (Å²) in [5, 5.41) is 13.4. The Kier molecular flexibility index (Phi) is 4.51. The van der Waals surface area contributed by atoms with Crippen molar-refractivity contribution in [2.75, 3.05) is 19.8 Å². The van der Waals surface area contributed by atoms with Gasteiger partial charge in [-0.1, -0.05) is 31.4 Å². The summed E-state index contributed by atoms with van der Waals surface area (Å²) in [5.74, 6) is 1.05. The van der Waals surface area contributed by atoms with E-state index in [0.29, 0.717) is 12.6 Å². The van der Waals surface area contributed by atoms with E-state index < -0.39 is 0 Å². The first-order valence-corrected chi connectivity index (χ1v) is 8.32. The fourth-order valence-corrected chi connectivity index (χ4v) is 3.66. The van der Waals surface area contributed by atoms with Crippen LogP contribution in [0.2, 0.25) is 0 Å². The predicted molar refractivity (Wildman–Crippen MR) is 84.7 cm³/mol. The summed E-state index contributed by atoms with van der Waals surface area (Å²) in [4.78, 5) is 0. The monoisotopic (exact) mass is 289 g/mol. The van der Waals surface area contributed by atoms with Gasteiger partial charge in [-0.25, -0.2) is 0 Å². The minimum absolute atomic E-state index is 0.104. The maximum absolute atomic E-state index is 9.80. The first kappa shape index (κ1) is 14.9. The molecule has 1 aromatic rings. The van der Waals surface area contributed by atoms with Gasteiger partial charge in [0, 0.05) is 31.0 Å². The molecule has 1 fully saturated rings. The van der Waals surface area contributed by atoms with Crippen LogP contribution in [0, 0.1) is 5.41 Å². The lowest BCUT2D eigenvalue weighted by molar-refractivity contribution is 0.0789. The summed E-state index contributed by atoms with van der Waals surface area (Å²) in [6.45, 7) is 4.25. The number of nitrogens with one attached hydrogen (secondary N) is 1. The quantitative estimate of drug-likeness (QED) is 0.874. The van der Waals surface area contributed by atoms with Crippen LogP contribution >= 0.6 is 0 Å². The lowest BCUT2D eigenvalue weighted by Gasteiger charge is -2.36. The minimum atomic E-state index is 0.104. The molecule has 1 aliphatic carbocycles. The number of aliphatic hydroxyl groups is 1. The molecule has 1 aromatic carbocycles. The van der Waals surface area contributed by atoms with Crippen LogP contribution in [0.15, 0.2) is 18.2 Å². The molecular weight excluding hydrogens is 262 g/mol. The van der Waals surface area contributed by atoms with Crippen LogP contribution in [0.1, 0.15) is 56.2 Å². The highest BCUT2D eigenvalue weighted by molar-refractivity contribution is 5.40. The number of aliphatic hydroxyl groups excluding tert-OH is 1. The van der Waals surface area contributed by atoms with Gasteiger partial charge in [0.2, 0.25) is 0 Å². The van der Waals surface area contributed by atoms with Gasteiger partial charge in [-0.3, -0.25) is 0 Å². The van der Waals surface area contributed by atoms with Crippen LogP contribution in [0.5, 0.6) is 5.75 Å². The molecule has 0 radical (unpaired) electrons. The maximum atomic E-state index is 9.80. The van der Waals surface area contributed by atoms with Crippen molar-refractivity contribution in [2.24, 2.45) is 5.41 Å². The summed E-state index contributed by atoms with van der Waals surface area (Å²) < 4.78 is 5.57. The zero-order valence-corrected chi connectivity index (χ0v) is 13.0. The van der Waals surface area contributed by atoms with E-state index >= 15 is 0 Å². The molecule has 0 bridgehead atoms. The lowest BCUT2D eigenvalue weighted by Crippen LogP contribution is -2.40. The molecule has 0 spiro atoms. The highest BCUT2D eigenvalue weighted by Crippen LogP contribution is 2.36. The Morgan fingerprint density at radius 2 is 2.10 bits per heavy atom. The Hall–Kier alpha value is -1.06. The molecule has 1 aliphatic heterocycles. The smallest absolute Gasteiger partial charge is 0.122 e. The Labute approximate surface area is 127 Å². The van der Waals surface area contributed by atoms with Gasteiger partial charge in [-0.15, -0.1) is 0 Å². The van der Waals surface area contributed by atoms with Gasteiger partial charge in [0.1, 0.15) is 5.75 Å². The van der Waals surface area contributed by atoms with E-state index in [1.54, 1.807) is 0 Å². The average molecular weight is 289 g/mol. The highest BCUT2D eigenvalue weighted by Gasteiger charge is 2.31. The Morgan fingerprint density at radius 1 is 1.29 bits per heavy atom. The van der Waals surface area contributed by atoms with Gasteiger partial charge in [-0.05, 0) is 37.0 Å². The average Bonchev–Trinajstić information content (AvgIpc) is 3.01. The summed E-state index contributed by atoms with van der Waals surface area (Å²) in [7, 11) is 0. The van der Waals surface area contributed by atoms with Crippen LogP contribution in [-0.4, -0.2) is 24.9 Å². The van der Waals surface area contributed by atoms with Crippen molar-refractivity contribution in [3.8, 4) is 5.75 Å². The fourth-order valence-electron chi connectivity index (χ4n) is 3.66. The molecule has 3 heteroatoms. The first-order chi connectivity index (χ1) is 10.2. The van der Waals surface area contributed by atoms with E-state index in [-0.39, 0.29) is 5.41 Å². The number of hydrogen-bond donors (Lipinski definition) is 2. The molecule has 1 atom stereocenters. The topological polar surface area (TPSA) is 41.5 Å². The summed E-state index contributed by atoms with van der Waals surface area (Å²) in [5.41, 5.74) is 2.76. The Balaban J connectivity index is 1.62. The van der Waals surface area contributed by atoms with Gasteiger partial charge < -0.3 is 15.2 Å². The van der Waals surface area contributed by atoms with Crippen LogP contribution in [0.25, 0.3) is 0 Å². The second kappa shape index (κ2) is 6.37. The first-order valence-electron chi connectivity index (χ1n) is 8.32. The van der Waals surface area contributed by atoms with E-state index in [0.717, 1.165) is 38.2 Å². The third-order valence-electron chi connectivity index (χ3n) is 5.25. The van der Waals surface area contributed by atoms with Crippen molar-refractivity contribution >= 4 is 0 Å². The van der Waals surface area contributed by atoms with Crippen LogP contribution in [0.4, 0.5) is 0 Å². The molecule has 2 N–H and O–H groups in total. The van der Waals surface area contributed by atoms with Gasteiger partial charge in [0.25, 0.3) is 0 Å². The summed E-state index contributed by atoms with van der Waals surface area (Å²) >= 11 is 0. The second-order valence-corrected chi connectivity index (χ2v) is 6.79. The maximum Gasteiger partial charge on any atom is 0.122 e. The zero-order chi connectivity index (χ0) is 14.7. The molecule has 1 heterocycles. The van der Waals surface area contributed by atoms with E-state index in [1.165, 1.54) is 30.4 Å². The van der Waals surface area contributed by atoms with E-state index in [2.05, 4.69) is 30.4 Å². The third-order valence-corrected chi connectivity index (χ3v) is 5.25. The number of benzene rings is 1. The molecule has 0 aromatic heterocycles. The third kappa shape index (κ3) is 3.24. The number of ether oxygens (including phenoxy) is 1. The number of rotatable bonds is 5. The van der Waals surface area contributed by atoms with Crippen molar-refractivity contribution in [2.45, 2.75) is 51.5 Å². The highest BCUT2D eigenvalue weighted by atomic mass is 16.5. The van der Waals surface area contributed by atoms with Gasteiger partial charge in [0.15, 0.2) is 0 Å². The standard InChI is InChI=1S/C18H27NO2/c1-14(15-5-6-17-16(11-15)7-10-21-17)19-12-18(13-20)8-3-2-4-9-18/h5-6,11,14,19-20H,2-4,7-10,12-13H2,1H3. The summed E-state index contributed by atoms with van der Waals surface area (Å²) in [6.07, 6.45) is 7.17. The van der Waals surface area contributed by atoms with Crippen molar-refractivity contribution in [1.29, 1.82) is 0 Å². The van der Waals surface area contributed by atoms with Crippen LogP contribution < -0.4 is 10.1 Å². The zero-order valence-electron chi connectivity index (χ0n) is 13.0. The Bertz CT molecular complexity index is 480. The molecule has 116 valence electrons. The predicted octanol–water partition coefficient (Wildman–Crippen LogP) is 3.21.